The van der Waals surface area contributed by atoms with Gasteiger partial charge in [-0.2, -0.15) is 12.6 Å². The van der Waals surface area contributed by atoms with E-state index in [4.69, 9.17) is 9.84 Å². The third kappa shape index (κ3) is 3.96. The lowest BCUT2D eigenvalue weighted by Crippen LogP contribution is -2.53. The van der Waals surface area contributed by atoms with E-state index in [1.165, 1.54) is 6.92 Å². The first-order valence-electron chi connectivity index (χ1n) is 5.31. The largest absolute Gasteiger partial charge is 0.479 e. The van der Waals surface area contributed by atoms with Gasteiger partial charge in [0.25, 0.3) is 0 Å². The predicted octanol–water partition coefficient (Wildman–Crippen LogP) is 1.69. The number of rotatable bonds is 5. The lowest BCUT2D eigenvalue weighted by molar-refractivity contribution is -0.142. The van der Waals surface area contributed by atoms with Crippen LogP contribution in [0.1, 0.15) is 12.5 Å². The molecule has 0 aliphatic carbocycles. The monoisotopic (exact) mass is 269 g/mol. The van der Waals surface area contributed by atoms with E-state index >= 15 is 0 Å². The van der Waals surface area contributed by atoms with Crippen molar-refractivity contribution in [2.24, 2.45) is 0 Å². The zero-order valence-corrected chi connectivity index (χ0v) is 10.8. The first-order valence-corrected chi connectivity index (χ1v) is 5.94. The number of carbonyl (C=O) groups excluding carboxylic acids is 1. The highest BCUT2D eigenvalue weighted by atomic mass is 32.1. The number of hydrogen-bond donors (Lipinski definition) is 3. The summed E-state index contributed by atoms with van der Waals surface area (Å²) in [4.78, 5) is 22.4. The van der Waals surface area contributed by atoms with Crippen LogP contribution in [0, 0.1) is 0 Å². The van der Waals surface area contributed by atoms with Crippen LogP contribution in [0.5, 0.6) is 0 Å². The molecule has 98 valence electrons. The number of carboxylic acid groups (broad SMARTS) is 1. The van der Waals surface area contributed by atoms with Crippen molar-refractivity contribution in [3.63, 3.8) is 0 Å². The maximum atomic E-state index is 11.5. The van der Waals surface area contributed by atoms with Gasteiger partial charge in [-0.05, 0) is 12.5 Å². The molecule has 2 N–H and O–H groups in total. The Hall–Kier alpha value is -1.69. The molecule has 1 aromatic rings. The van der Waals surface area contributed by atoms with Crippen molar-refractivity contribution in [1.82, 2.24) is 5.32 Å². The summed E-state index contributed by atoms with van der Waals surface area (Å²) in [6.45, 7) is 1.46. The standard InChI is InChI=1S/C12H15NO4S/c1-12(8-18,10(14)15)13-11(16)17-7-9-5-3-2-4-6-9/h2-6,18H,7-8H2,1H3,(H,13,16)(H,14,15). The lowest BCUT2D eigenvalue weighted by Gasteiger charge is -2.23. The van der Waals surface area contributed by atoms with E-state index in [-0.39, 0.29) is 12.4 Å². The highest BCUT2D eigenvalue weighted by Gasteiger charge is 2.33. The van der Waals surface area contributed by atoms with Gasteiger partial charge < -0.3 is 15.2 Å². The van der Waals surface area contributed by atoms with Gasteiger partial charge >= 0.3 is 12.1 Å². The summed E-state index contributed by atoms with van der Waals surface area (Å²) in [6.07, 6.45) is -0.780. The molecule has 0 heterocycles. The first kappa shape index (κ1) is 14.4. The fraction of sp³-hybridized carbons (Fsp3) is 0.333. The molecule has 0 bridgehead atoms. The average molecular weight is 269 g/mol. The minimum Gasteiger partial charge on any atom is -0.479 e. The van der Waals surface area contributed by atoms with Crippen LogP contribution < -0.4 is 5.32 Å². The van der Waals surface area contributed by atoms with Crippen molar-refractivity contribution in [3.8, 4) is 0 Å². The summed E-state index contributed by atoms with van der Waals surface area (Å²) in [5.41, 5.74) is -0.604. The molecule has 0 fully saturated rings. The predicted molar refractivity (Wildman–Crippen MR) is 69.7 cm³/mol. The van der Waals surface area contributed by atoms with Gasteiger partial charge in [0.05, 0.1) is 0 Å². The molecule has 18 heavy (non-hydrogen) atoms. The Morgan fingerprint density at radius 2 is 2.00 bits per heavy atom. The van der Waals surface area contributed by atoms with Crippen LogP contribution in [0.2, 0.25) is 0 Å². The second-order valence-electron chi connectivity index (χ2n) is 3.98. The van der Waals surface area contributed by atoms with Crippen molar-refractivity contribution in [3.05, 3.63) is 35.9 Å². The molecule has 0 spiro atoms. The maximum absolute atomic E-state index is 11.5. The van der Waals surface area contributed by atoms with E-state index in [1.54, 1.807) is 0 Å². The van der Waals surface area contributed by atoms with Crippen molar-refractivity contribution >= 4 is 24.7 Å². The quantitative estimate of drug-likeness (QED) is 0.711. The number of carboxylic acids is 1. The maximum Gasteiger partial charge on any atom is 0.408 e. The van der Waals surface area contributed by atoms with Crippen molar-refractivity contribution < 1.29 is 19.4 Å². The van der Waals surface area contributed by atoms with Crippen LogP contribution >= 0.6 is 12.6 Å². The van der Waals surface area contributed by atoms with E-state index in [1.807, 2.05) is 30.3 Å². The fourth-order valence-corrected chi connectivity index (χ4v) is 1.36. The number of alkyl carbamates (subject to hydrolysis) is 1. The molecule has 1 amide bonds. The van der Waals surface area contributed by atoms with E-state index in [2.05, 4.69) is 17.9 Å². The topological polar surface area (TPSA) is 75.6 Å². The van der Waals surface area contributed by atoms with Crippen LogP contribution in [0.3, 0.4) is 0 Å². The van der Waals surface area contributed by atoms with E-state index < -0.39 is 17.6 Å². The van der Waals surface area contributed by atoms with Gasteiger partial charge in [0.1, 0.15) is 12.1 Å². The Labute approximate surface area is 111 Å². The molecule has 1 atom stereocenters. The number of benzene rings is 1. The Kier molecular flexibility index (Phi) is 5.03. The first-order chi connectivity index (χ1) is 8.48. The molecule has 0 saturated carbocycles. The molecule has 1 rings (SSSR count). The summed E-state index contributed by atoms with van der Waals surface area (Å²) >= 11 is 3.90. The molecule has 1 aromatic carbocycles. The van der Waals surface area contributed by atoms with Gasteiger partial charge in [-0.25, -0.2) is 9.59 Å². The zero-order valence-electron chi connectivity index (χ0n) is 9.92. The van der Waals surface area contributed by atoms with Gasteiger partial charge in [0.2, 0.25) is 0 Å². The van der Waals surface area contributed by atoms with Crippen LogP contribution in [-0.2, 0) is 16.1 Å². The SMILES string of the molecule is CC(CS)(NC(=O)OCc1ccccc1)C(=O)O. The Morgan fingerprint density at radius 3 is 2.50 bits per heavy atom. The van der Waals surface area contributed by atoms with Gasteiger partial charge in [0, 0.05) is 5.75 Å². The molecule has 0 aliphatic rings. The zero-order chi connectivity index (χ0) is 13.6. The molecule has 0 aliphatic heterocycles. The Morgan fingerprint density at radius 1 is 1.39 bits per heavy atom. The normalized spacial score (nSPS) is 13.4. The summed E-state index contributed by atoms with van der Waals surface area (Å²) in [5, 5.41) is 11.2. The van der Waals surface area contributed by atoms with Gasteiger partial charge in [0.15, 0.2) is 0 Å². The highest BCUT2D eigenvalue weighted by molar-refractivity contribution is 7.80. The van der Waals surface area contributed by atoms with E-state index in [0.717, 1.165) is 5.56 Å². The smallest absolute Gasteiger partial charge is 0.408 e. The summed E-state index contributed by atoms with van der Waals surface area (Å²) in [7, 11) is 0. The van der Waals surface area contributed by atoms with Crippen LogP contribution in [0.15, 0.2) is 30.3 Å². The van der Waals surface area contributed by atoms with Gasteiger partial charge in [-0.1, -0.05) is 30.3 Å². The number of aliphatic carboxylic acids is 1. The number of ether oxygens (including phenoxy) is 1. The van der Waals surface area contributed by atoms with Crippen LogP contribution in [0.4, 0.5) is 4.79 Å². The number of carbonyl (C=O) groups is 2. The van der Waals surface area contributed by atoms with E-state index in [9.17, 15) is 9.59 Å². The molecule has 1 unspecified atom stereocenters. The summed E-state index contributed by atoms with van der Waals surface area (Å²) in [6, 6.07) is 9.12. The number of hydrogen-bond acceptors (Lipinski definition) is 4. The molecule has 5 nitrogen and oxygen atoms in total. The van der Waals surface area contributed by atoms with E-state index in [0.29, 0.717) is 0 Å². The molecular formula is C12H15NO4S. The number of thiol groups is 1. The molecule has 0 radical (unpaired) electrons. The van der Waals surface area contributed by atoms with Crippen molar-refractivity contribution in [2.45, 2.75) is 19.1 Å². The number of amides is 1. The van der Waals surface area contributed by atoms with Crippen LogP contribution in [-0.4, -0.2) is 28.5 Å². The third-order valence-corrected chi connectivity index (χ3v) is 3.01. The Balaban J connectivity index is 2.49. The molecular weight excluding hydrogens is 254 g/mol. The summed E-state index contributed by atoms with van der Waals surface area (Å²) < 4.78 is 4.93. The van der Waals surface area contributed by atoms with Crippen molar-refractivity contribution in [2.75, 3.05) is 5.75 Å². The fourth-order valence-electron chi connectivity index (χ4n) is 1.15. The average Bonchev–Trinajstić information content (AvgIpc) is 2.37. The Bertz CT molecular complexity index is 423. The van der Waals surface area contributed by atoms with Gasteiger partial charge in [-0.15, -0.1) is 0 Å². The van der Waals surface area contributed by atoms with Gasteiger partial charge in [-0.3, -0.25) is 0 Å². The third-order valence-electron chi connectivity index (χ3n) is 2.38. The lowest BCUT2D eigenvalue weighted by atomic mass is 10.1. The second kappa shape index (κ2) is 6.30. The second-order valence-corrected chi connectivity index (χ2v) is 4.30. The molecule has 0 saturated heterocycles. The van der Waals surface area contributed by atoms with Crippen molar-refractivity contribution in [1.29, 1.82) is 0 Å². The minimum absolute atomic E-state index is 0.0250. The number of nitrogens with one attached hydrogen (secondary N) is 1. The summed E-state index contributed by atoms with van der Waals surface area (Å²) in [5.74, 6) is -1.18. The highest BCUT2D eigenvalue weighted by Crippen LogP contribution is 2.08. The molecule has 0 aromatic heterocycles. The van der Waals surface area contributed by atoms with Crippen LogP contribution in [0.25, 0.3) is 0 Å². The minimum atomic E-state index is -1.43. The molecule has 6 heteroatoms.